The number of nitrogens with zero attached hydrogens (tertiary/aromatic N) is 2. The predicted molar refractivity (Wildman–Crippen MR) is 106 cm³/mol. The topological polar surface area (TPSA) is 44.2 Å². The number of alkyl halides is 3. The lowest BCUT2D eigenvalue weighted by Crippen LogP contribution is -2.22. The summed E-state index contributed by atoms with van der Waals surface area (Å²) < 4.78 is 49.1. The molecule has 2 aromatic rings. The average Bonchev–Trinajstić information content (AvgIpc) is 2.51. The van der Waals surface area contributed by atoms with Crippen LogP contribution in [0.15, 0.2) is 22.9 Å². The highest BCUT2D eigenvalue weighted by Crippen LogP contribution is 2.30. The molecule has 9 heteroatoms. The number of fused-ring (bicyclic) bond motifs is 1. The standard InChI is InChI=1S/C18H24BrF3N2O2Si/c1-27(2,3)11-10-25-12-26-15-8-4-6-13-16(15)14(24-17(19)23-13)7-5-9-18(20,21)22/h4,6,8H,5,7,9-12H2,1-3H3. The molecular weight excluding hydrogens is 441 g/mol. The van der Waals surface area contributed by atoms with Crippen LogP contribution in [0.1, 0.15) is 18.5 Å². The zero-order chi connectivity index (χ0) is 20.1. The maximum atomic E-state index is 12.5. The molecule has 0 aliphatic rings. The Hall–Kier alpha value is -1.19. The van der Waals surface area contributed by atoms with Gasteiger partial charge in [-0.1, -0.05) is 25.7 Å². The molecule has 0 N–H and O–H groups in total. The smallest absolute Gasteiger partial charge is 0.389 e. The van der Waals surface area contributed by atoms with Gasteiger partial charge in [-0.25, -0.2) is 9.97 Å². The van der Waals surface area contributed by atoms with Crippen molar-refractivity contribution in [3.05, 3.63) is 28.6 Å². The number of rotatable bonds is 9. The molecule has 0 atom stereocenters. The molecular formula is C18H24BrF3N2O2Si. The summed E-state index contributed by atoms with van der Waals surface area (Å²) in [6.07, 6.45) is -4.88. The van der Waals surface area contributed by atoms with Crippen LogP contribution in [0.25, 0.3) is 10.9 Å². The lowest BCUT2D eigenvalue weighted by atomic mass is 10.1. The monoisotopic (exact) mass is 464 g/mol. The van der Waals surface area contributed by atoms with Crippen molar-refractivity contribution in [3.8, 4) is 5.75 Å². The first kappa shape index (κ1) is 22.1. The SMILES string of the molecule is C[Si](C)(C)CCOCOc1cccc2nc(Br)nc(CCCC(F)(F)F)c12. The zero-order valence-corrected chi connectivity index (χ0v) is 18.3. The summed E-state index contributed by atoms with van der Waals surface area (Å²) >= 11 is 3.22. The van der Waals surface area contributed by atoms with Crippen LogP contribution >= 0.6 is 15.9 Å². The molecule has 1 aromatic carbocycles. The molecule has 4 nitrogen and oxygen atoms in total. The molecule has 0 spiro atoms. The molecule has 1 heterocycles. The zero-order valence-electron chi connectivity index (χ0n) is 15.7. The minimum Gasteiger partial charge on any atom is -0.467 e. The van der Waals surface area contributed by atoms with E-state index in [4.69, 9.17) is 9.47 Å². The molecule has 0 fully saturated rings. The summed E-state index contributed by atoms with van der Waals surface area (Å²) in [5, 5.41) is 0.636. The summed E-state index contributed by atoms with van der Waals surface area (Å²) in [5.41, 5.74) is 1.16. The molecule has 1 aromatic heterocycles. The molecule has 27 heavy (non-hydrogen) atoms. The van der Waals surface area contributed by atoms with Gasteiger partial charge in [0.05, 0.1) is 16.6 Å². The second kappa shape index (κ2) is 9.34. The largest absolute Gasteiger partial charge is 0.467 e. The molecule has 0 saturated carbocycles. The van der Waals surface area contributed by atoms with Gasteiger partial charge in [0.2, 0.25) is 0 Å². The quantitative estimate of drug-likeness (QED) is 0.198. The van der Waals surface area contributed by atoms with Crippen LogP contribution in [-0.4, -0.2) is 37.6 Å². The highest BCUT2D eigenvalue weighted by atomic mass is 79.9. The third kappa shape index (κ3) is 7.75. The van der Waals surface area contributed by atoms with Crippen LogP contribution in [0, 0.1) is 0 Å². The molecule has 0 amide bonds. The average molecular weight is 465 g/mol. The van der Waals surface area contributed by atoms with Gasteiger partial charge in [-0.15, -0.1) is 0 Å². The van der Waals surface area contributed by atoms with Crippen LogP contribution < -0.4 is 4.74 Å². The van der Waals surface area contributed by atoms with Gasteiger partial charge in [-0.05, 0) is 46.9 Å². The van der Waals surface area contributed by atoms with Crippen LogP contribution in [0.3, 0.4) is 0 Å². The molecule has 150 valence electrons. The van der Waals surface area contributed by atoms with E-state index in [1.54, 1.807) is 18.2 Å². The van der Waals surface area contributed by atoms with Crippen LogP contribution in [-0.2, 0) is 11.2 Å². The second-order valence-electron chi connectivity index (χ2n) is 7.54. The Labute approximate surface area is 166 Å². The molecule has 0 aliphatic carbocycles. The minimum atomic E-state index is -4.18. The lowest BCUT2D eigenvalue weighted by molar-refractivity contribution is -0.135. The van der Waals surface area contributed by atoms with Gasteiger partial charge < -0.3 is 9.47 Å². The first-order valence-corrected chi connectivity index (χ1v) is 13.3. The first-order chi connectivity index (χ1) is 12.6. The van der Waals surface area contributed by atoms with E-state index in [1.165, 1.54) is 0 Å². The highest BCUT2D eigenvalue weighted by molar-refractivity contribution is 9.10. The van der Waals surface area contributed by atoms with Crippen molar-refractivity contribution in [1.29, 1.82) is 0 Å². The van der Waals surface area contributed by atoms with E-state index in [2.05, 4.69) is 45.5 Å². The van der Waals surface area contributed by atoms with Crippen molar-refractivity contribution in [3.63, 3.8) is 0 Å². The van der Waals surface area contributed by atoms with Gasteiger partial charge in [0.15, 0.2) is 11.5 Å². The van der Waals surface area contributed by atoms with Crippen LogP contribution in [0.5, 0.6) is 5.75 Å². The second-order valence-corrected chi connectivity index (χ2v) is 13.9. The maximum absolute atomic E-state index is 12.5. The number of aryl methyl sites for hydroxylation is 1. The van der Waals surface area contributed by atoms with Gasteiger partial charge in [0.25, 0.3) is 0 Å². The van der Waals surface area contributed by atoms with Crippen molar-refractivity contribution >= 4 is 34.9 Å². The first-order valence-electron chi connectivity index (χ1n) is 8.78. The predicted octanol–water partition coefficient (Wildman–Crippen LogP) is 5.97. The van der Waals surface area contributed by atoms with Crippen molar-refractivity contribution in [2.24, 2.45) is 0 Å². The molecule has 0 bridgehead atoms. The molecule has 0 unspecified atom stereocenters. The van der Waals surface area contributed by atoms with E-state index in [0.717, 1.165) is 6.04 Å². The van der Waals surface area contributed by atoms with Gasteiger partial charge in [-0.3, -0.25) is 0 Å². The number of aromatic nitrogens is 2. The van der Waals surface area contributed by atoms with Crippen LogP contribution in [0.2, 0.25) is 25.7 Å². The van der Waals surface area contributed by atoms with E-state index in [-0.39, 0.29) is 19.6 Å². The molecule has 0 saturated heterocycles. The molecule has 0 radical (unpaired) electrons. The maximum Gasteiger partial charge on any atom is 0.389 e. The number of ether oxygens (including phenoxy) is 2. The summed E-state index contributed by atoms with van der Waals surface area (Å²) in [7, 11) is -1.17. The van der Waals surface area contributed by atoms with E-state index in [0.29, 0.717) is 33.7 Å². The number of halogens is 4. The fourth-order valence-corrected chi connectivity index (χ4v) is 3.66. The Morgan fingerprint density at radius 1 is 1.15 bits per heavy atom. The fourth-order valence-electron chi connectivity index (χ4n) is 2.49. The highest BCUT2D eigenvalue weighted by Gasteiger charge is 2.26. The van der Waals surface area contributed by atoms with E-state index >= 15 is 0 Å². The lowest BCUT2D eigenvalue weighted by Gasteiger charge is -2.16. The Kier molecular flexibility index (Phi) is 7.64. The summed E-state index contributed by atoms with van der Waals surface area (Å²) in [6, 6.07) is 6.37. The van der Waals surface area contributed by atoms with Gasteiger partial charge in [0.1, 0.15) is 5.75 Å². The Balaban J connectivity index is 2.11. The summed E-state index contributed by atoms with van der Waals surface area (Å²) in [5.74, 6) is 0.523. The van der Waals surface area contributed by atoms with Crippen molar-refractivity contribution < 1.29 is 22.6 Å². The minimum absolute atomic E-state index is 0.0386. The van der Waals surface area contributed by atoms with E-state index < -0.39 is 20.7 Å². The molecule has 0 aliphatic heterocycles. The van der Waals surface area contributed by atoms with E-state index in [1.807, 2.05) is 0 Å². The Morgan fingerprint density at radius 3 is 2.56 bits per heavy atom. The number of hydrogen-bond donors (Lipinski definition) is 0. The van der Waals surface area contributed by atoms with Gasteiger partial charge in [-0.2, -0.15) is 13.2 Å². The Bertz CT molecular complexity index is 767. The van der Waals surface area contributed by atoms with Crippen molar-refractivity contribution in [2.45, 2.75) is 51.1 Å². The fraction of sp³-hybridized carbons (Fsp3) is 0.556. The Morgan fingerprint density at radius 2 is 1.89 bits per heavy atom. The van der Waals surface area contributed by atoms with Crippen molar-refractivity contribution in [2.75, 3.05) is 13.4 Å². The number of benzene rings is 1. The third-order valence-corrected chi connectivity index (χ3v) is 5.96. The summed E-state index contributed by atoms with van der Waals surface area (Å²) in [6.45, 7) is 7.52. The molecule has 2 rings (SSSR count). The third-order valence-electron chi connectivity index (χ3n) is 3.90. The van der Waals surface area contributed by atoms with Gasteiger partial charge >= 0.3 is 6.18 Å². The normalized spacial score (nSPS) is 12.6. The van der Waals surface area contributed by atoms with Gasteiger partial charge in [0, 0.05) is 21.1 Å². The van der Waals surface area contributed by atoms with E-state index in [9.17, 15) is 13.2 Å². The van der Waals surface area contributed by atoms with Crippen molar-refractivity contribution in [1.82, 2.24) is 9.97 Å². The van der Waals surface area contributed by atoms with Crippen LogP contribution in [0.4, 0.5) is 13.2 Å². The summed E-state index contributed by atoms with van der Waals surface area (Å²) in [4.78, 5) is 8.58. The number of hydrogen-bond acceptors (Lipinski definition) is 4.